The van der Waals surface area contributed by atoms with E-state index in [1.54, 1.807) is 12.1 Å². The lowest BCUT2D eigenvalue weighted by Crippen LogP contribution is -2.33. The molecule has 0 atom stereocenters. The summed E-state index contributed by atoms with van der Waals surface area (Å²) >= 11 is 0. The maximum Gasteiger partial charge on any atom is 0.236 e. The van der Waals surface area contributed by atoms with Gasteiger partial charge in [-0.1, -0.05) is 38.0 Å². The smallest absolute Gasteiger partial charge is 0.236 e. The summed E-state index contributed by atoms with van der Waals surface area (Å²) in [6.07, 6.45) is 4.68. The van der Waals surface area contributed by atoms with Gasteiger partial charge in [-0.15, -0.1) is 0 Å². The minimum absolute atomic E-state index is 0.0713. The molecule has 1 aromatic carbocycles. The second kappa shape index (κ2) is 7.82. The number of nitrogens with zero attached hydrogens (tertiary/aromatic N) is 2. The van der Waals surface area contributed by atoms with Crippen LogP contribution in [0.15, 0.2) is 38.6 Å². The summed E-state index contributed by atoms with van der Waals surface area (Å²) in [6, 6.07) is 6.92. The number of hydrogen-bond acceptors (Lipinski definition) is 5. The number of piperidine rings is 1. The van der Waals surface area contributed by atoms with Crippen LogP contribution in [0.2, 0.25) is 0 Å². The molecule has 5 nitrogen and oxygen atoms in total. The Labute approximate surface area is 156 Å². The minimum atomic E-state index is -3.70. The average Bonchev–Trinajstić information content (AvgIpc) is 3.06. The van der Waals surface area contributed by atoms with Crippen molar-refractivity contribution < 1.29 is 12.8 Å². The van der Waals surface area contributed by atoms with E-state index < -0.39 is 9.84 Å². The largest absolute Gasteiger partial charge is 0.424 e. The van der Waals surface area contributed by atoms with Gasteiger partial charge in [0.25, 0.3) is 0 Å². The maximum atomic E-state index is 13.2. The topological polar surface area (TPSA) is 63.4 Å². The SMILES string of the molecule is CCCCc1nc(S(=O)(=O)c2ccc(C)cc2)c(N2CCC(C)CC2)o1. The molecule has 1 aliphatic rings. The fraction of sp³-hybridized carbons (Fsp3) is 0.550. The lowest BCUT2D eigenvalue weighted by atomic mass is 9.99. The number of oxazole rings is 1. The van der Waals surface area contributed by atoms with Crippen molar-refractivity contribution in [2.75, 3.05) is 18.0 Å². The van der Waals surface area contributed by atoms with Crippen molar-refractivity contribution in [1.82, 2.24) is 4.98 Å². The van der Waals surface area contributed by atoms with Crippen LogP contribution in [0.4, 0.5) is 5.88 Å². The molecule has 2 aromatic rings. The number of benzene rings is 1. The highest BCUT2D eigenvalue weighted by molar-refractivity contribution is 7.91. The van der Waals surface area contributed by atoms with Crippen LogP contribution in [0.1, 0.15) is 51.0 Å². The monoisotopic (exact) mass is 376 g/mol. The summed E-state index contributed by atoms with van der Waals surface area (Å²) in [6.45, 7) is 7.88. The Morgan fingerprint density at radius 2 is 1.85 bits per heavy atom. The number of unbranched alkanes of at least 4 members (excludes halogenated alkanes) is 1. The van der Waals surface area contributed by atoms with Crippen LogP contribution in [0.25, 0.3) is 0 Å². The van der Waals surface area contributed by atoms with Crippen LogP contribution in [0, 0.1) is 12.8 Å². The molecule has 0 unspecified atom stereocenters. The average molecular weight is 377 g/mol. The summed E-state index contributed by atoms with van der Waals surface area (Å²) in [5.41, 5.74) is 1.03. The van der Waals surface area contributed by atoms with E-state index in [0.717, 1.165) is 44.3 Å². The third kappa shape index (κ3) is 3.95. The fourth-order valence-electron chi connectivity index (χ4n) is 3.19. The maximum absolute atomic E-state index is 13.2. The predicted octanol–water partition coefficient (Wildman–Crippen LogP) is 4.39. The Morgan fingerprint density at radius 1 is 1.19 bits per heavy atom. The van der Waals surface area contributed by atoms with Crippen molar-refractivity contribution in [2.45, 2.75) is 62.8 Å². The van der Waals surface area contributed by atoms with E-state index in [4.69, 9.17) is 4.42 Å². The van der Waals surface area contributed by atoms with Crippen molar-refractivity contribution in [1.29, 1.82) is 0 Å². The van der Waals surface area contributed by atoms with Crippen molar-refractivity contribution in [2.24, 2.45) is 5.92 Å². The zero-order valence-electron chi connectivity index (χ0n) is 15.9. The quantitative estimate of drug-likeness (QED) is 0.748. The van der Waals surface area contributed by atoms with E-state index in [-0.39, 0.29) is 9.92 Å². The molecule has 0 radical (unpaired) electrons. The zero-order chi connectivity index (χ0) is 18.7. The van der Waals surface area contributed by atoms with E-state index >= 15 is 0 Å². The minimum Gasteiger partial charge on any atom is -0.424 e. The molecule has 0 bridgehead atoms. The van der Waals surface area contributed by atoms with Gasteiger partial charge < -0.3 is 9.32 Å². The molecule has 0 saturated carbocycles. The van der Waals surface area contributed by atoms with Gasteiger partial charge >= 0.3 is 0 Å². The first kappa shape index (κ1) is 19.0. The number of hydrogen-bond donors (Lipinski definition) is 0. The molecule has 0 N–H and O–H groups in total. The van der Waals surface area contributed by atoms with Crippen molar-refractivity contribution in [3.63, 3.8) is 0 Å². The molecule has 6 heteroatoms. The Morgan fingerprint density at radius 3 is 2.46 bits per heavy atom. The molecule has 0 aliphatic carbocycles. The summed E-state index contributed by atoms with van der Waals surface area (Å²) in [5, 5.41) is 0.0713. The summed E-state index contributed by atoms with van der Waals surface area (Å²) in [5.74, 6) is 1.60. The molecular weight excluding hydrogens is 348 g/mol. The number of aryl methyl sites for hydroxylation is 2. The fourth-order valence-corrected chi connectivity index (χ4v) is 4.53. The lowest BCUT2D eigenvalue weighted by Gasteiger charge is -2.30. The normalized spacial score (nSPS) is 16.2. The van der Waals surface area contributed by atoms with Gasteiger partial charge in [-0.25, -0.2) is 8.42 Å². The zero-order valence-corrected chi connectivity index (χ0v) is 16.7. The molecule has 26 heavy (non-hydrogen) atoms. The molecular formula is C20H28N2O3S. The van der Waals surface area contributed by atoms with Crippen molar-refractivity contribution in [3.05, 3.63) is 35.7 Å². The van der Waals surface area contributed by atoms with Crippen molar-refractivity contribution in [3.8, 4) is 0 Å². The first-order chi connectivity index (χ1) is 12.4. The number of rotatable bonds is 6. The van der Waals surface area contributed by atoms with Gasteiger partial charge in [0.2, 0.25) is 20.7 Å². The number of anilines is 1. The van der Waals surface area contributed by atoms with E-state index in [0.29, 0.717) is 24.1 Å². The molecule has 3 rings (SSSR count). The van der Waals surface area contributed by atoms with Gasteiger partial charge in [0.05, 0.1) is 4.90 Å². The van der Waals surface area contributed by atoms with Crippen LogP contribution in [-0.2, 0) is 16.3 Å². The molecule has 0 spiro atoms. The van der Waals surface area contributed by atoms with E-state index in [9.17, 15) is 8.42 Å². The Balaban J connectivity index is 2.00. The highest BCUT2D eigenvalue weighted by Gasteiger charge is 2.32. The summed E-state index contributed by atoms with van der Waals surface area (Å²) in [4.78, 5) is 6.73. The molecule has 1 aromatic heterocycles. The molecule has 0 amide bonds. The Hall–Kier alpha value is -1.82. The van der Waals surface area contributed by atoms with Gasteiger partial charge in [0.15, 0.2) is 5.89 Å². The molecule has 1 fully saturated rings. The van der Waals surface area contributed by atoms with E-state index in [1.165, 1.54) is 0 Å². The standard InChI is InChI=1S/C20H28N2O3S/c1-4-5-6-18-21-19(20(25-18)22-13-11-16(3)12-14-22)26(23,24)17-9-7-15(2)8-10-17/h7-10,16H,4-6,11-14H2,1-3H3. The number of aromatic nitrogens is 1. The Kier molecular flexibility index (Phi) is 5.70. The predicted molar refractivity (Wildman–Crippen MR) is 102 cm³/mol. The number of sulfone groups is 1. The van der Waals surface area contributed by atoms with Crippen LogP contribution in [-0.4, -0.2) is 26.5 Å². The van der Waals surface area contributed by atoms with Gasteiger partial charge in [-0.3, -0.25) is 0 Å². The van der Waals surface area contributed by atoms with Crippen LogP contribution in [0.5, 0.6) is 0 Å². The van der Waals surface area contributed by atoms with Gasteiger partial charge in [-0.2, -0.15) is 4.98 Å². The third-order valence-corrected chi connectivity index (χ3v) is 6.69. The third-order valence-electron chi connectivity index (χ3n) is 5.02. The van der Waals surface area contributed by atoms with Crippen LogP contribution >= 0.6 is 0 Å². The molecule has 1 aliphatic heterocycles. The van der Waals surface area contributed by atoms with Gasteiger partial charge in [0, 0.05) is 19.5 Å². The van der Waals surface area contributed by atoms with E-state index in [1.807, 2.05) is 24.0 Å². The highest BCUT2D eigenvalue weighted by Crippen LogP contribution is 2.33. The second-order valence-electron chi connectivity index (χ2n) is 7.31. The van der Waals surface area contributed by atoms with Gasteiger partial charge in [-0.05, 0) is 44.2 Å². The first-order valence-corrected chi connectivity index (χ1v) is 11.0. The Bertz CT molecular complexity index is 832. The summed E-state index contributed by atoms with van der Waals surface area (Å²) < 4.78 is 32.4. The highest BCUT2D eigenvalue weighted by atomic mass is 32.2. The molecule has 142 valence electrons. The van der Waals surface area contributed by atoms with Gasteiger partial charge in [0.1, 0.15) is 0 Å². The van der Waals surface area contributed by atoms with E-state index in [2.05, 4.69) is 18.8 Å². The lowest BCUT2D eigenvalue weighted by molar-refractivity contribution is 0.405. The molecule has 1 saturated heterocycles. The second-order valence-corrected chi connectivity index (χ2v) is 9.17. The van der Waals surface area contributed by atoms with Crippen molar-refractivity contribution >= 4 is 15.7 Å². The summed E-state index contributed by atoms with van der Waals surface area (Å²) in [7, 11) is -3.70. The first-order valence-electron chi connectivity index (χ1n) is 9.48. The molecule has 2 heterocycles. The van der Waals surface area contributed by atoms with Crippen LogP contribution < -0.4 is 4.90 Å². The van der Waals surface area contributed by atoms with Crippen LogP contribution in [0.3, 0.4) is 0 Å².